The van der Waals surface area contributed by atoms with Crippen LogP contribution in [0, 0.1) is 12.1 Å². The Labute approximate surface area is 267 Å². The van der Waals surface area contributed by atoms with Crippen molar-refractivity contribution in [3.63, 3.8) is 0 Å². The van der Waals surface area contributed by atoms with Gasteiger partial charge in [-0.05, 0) is 28.4 Å². The predicted molar refractivity (Wildman–Crippen MR) is 174 cm³/mol. The Bertz CT molecular complexity index is 1490. The molecule has 0 atom stereocenters. The summed E-state index contributed by atoms with van der Waals surface area (Å²) in [7, 11) is 0. The quantitative estimate of drug-likeness (QED) is 0.170. The molecule has 0 aliphatic heterocycles. The summed E-state index contributed by atoms with van der Waals surface area (Å²) in [6, 6.07) is 33.6. The summed E-state index contributed by atoms with van der Waals surface area (Å²) in [6.45, 7) is 13.6. The molecule has 4 aromatic rings. The van der Waals surface area contributed by atoms with Gasteiger partial charge >= 0.3 is 110 Å². The molecule has 2 aliphatic rings. The Balaban J connectivity index is 0.000000168. The molecule has 206 valence electrons. The van der Waals surface area contributed by atoms with Gasteiger partial charge in [0.05, 0.1) is 0 Å². The van der Waals surface area contributed by atoms with Crippen LogP contribution in [-0.4, -0.2) is 3.21 Å². The van der Waals surface area contributed by atoms with Crippen LogP contribution in [0.15, 0.2) is 103 Å². The predicted octanol–water partition coefficient (Wildman–Crippen LogP) is 10.4. The maximum absolute atomic E-state index is 5.97. The van der Waals surface area contributed by atoms with Gasteiger partial charge in [0.25, 0.3) is 0 Å². The third kappa shape index (κ3) is 8.47. The molecule has 0 spiro atoms. The summed E-state index contributed by atoms with van der Waals surface area (Å²) >= 11 is 7.38. The van der Waals surface area contributed by atoms with Crippen molar-refractivity contribution in [2.45, 2.75) is 65.2 Å². The molecule has 0 fully saturated rings. The SMILES string of the molecule is CC(C)(C)c1[c-]c2c(cc1)-c1ccc(C(C)(C)C)cc1C2.Clc1cccc([C](=[Zr+2])c2ccccc2)c1.[C-]1=CC=CC1. The molecular weight excluding hydrogens is 595 g/mol. The molecule has 0 nitrogen and oxygen atoms in total. The maximum atomic E-state index is 5.97. The van der Waals surface area contributed by atoms with E-state index in [0.29, 0.717) is 0 Å². The molecule has 0 N–H and O–H groups in total. The second kappa shape index (κ2) is 13.6. The maximum Gasteiger partial charge on any atom is -0.109 e. The second-order valence-electron chi connectivity index (χ2n) is 12.6. The average Bonchev–Trinajstić information content (AvgIpc) is 3.64. The molecule has 6 rings (SSSR count). The van der Waals surface area contributed by atoms with Crippen molar-refractivity contribution in [1.29, 1.82) is 0 Å². The average molecular weight is 634 g/mol. The van der Waals surface area contributed by atoms with Crippen LogP contribution in [0.25, 0.3) is 11.1 Å². The van der Waals surface area contributed by atoms with E-state index in [0.717, 1.165) is 17.9 Å². The fourth-order valence-corrected chi connectivity index (χ4v) is 5.77. The van der Waals surface area contributed by atoms with E-state index in [1.165, 1.54) is 71.9 Å². The molecular formula is C39H39ClZr. The van der Waals surface area contributed by atoms with Gasteiger partial charge in [-0.1, -0.05) is 65.3 Å². The Morgan fingerprint density at radius 2 is 1.46 bits per heavy atom. The van der Waals surface area contributed by atoms with Gasteiger partial charge in [-0.3, -0.25) is 6.08 Å². The fraction of sp³-hybridized carbons (Fsp3) is 0.256. The van der Waals surface area contributed by atoms with Gasteiger partial charge in [0.15, 0.2) is 0 Å². The van der Waals surface area contributed by atoms with Crippen LogP contribution in [0.4, 0.5) is 0 Å². The van der Waals surface area contributed by atoms with E-state index in [9.17, 15) is 0 Å². The van der Waals surface area contributed by atoms with Crippen molar-refractivity contribution in [3.8, 4) is 11.1 Å². The van der Waals surface area contributed by atoms with E-state index in [-0.39, 0.29) is 10.8 Å². The van der Waals surface area contributed by atoms with E-state index in [1.807, 2.05) is 36.4 Å². The molecule has 0 radical (unpaired) electrons. The molecule has 0 amide bonds. The minimum absolute atomic E-state index is 0.167. The van der Waals surface area contributed by atoms with E-state index in [2.05, 4.69) is 120 Å². The van der Waals surface area contributed by atoms with Crippen LogP contribution in [0.1, 0.15) is 81.3 Å². The first-order valence-electron chi connectivity index (χ1n) is 14.2. The largest absolute Gasteiger partial charge is 0.273 e. The monoisotopic (exact) mass is 632 g/mol. The van der Waals surface area contributed by atoms with Gasteiger partial charge in [-0.25, -0.2) is 12.2 Å². The van der Waals surface area contributed by atoms with Gasteiger partial charge < -0.3 is 0 Å². The molecule has 0 saturated carbocycles. The molecule has 0 bridgehead atoms. The summed E-state index contributed by atoms with van der Waals surface area (Å²) in [4.78, 5) is 0. The van der Waals surface area contributed by atoms with Gasteiger partial charge in [0.1, 0.15) is 0 Å². The standard InChI is InChI=1S/C21H25.C13H9Cl.C5H5.Zr/c1-20(2,3)16-7-9-18-14(12-16)11-15-13-17(21(4,5)6)8-10-19(15)18;14-13-8-4-7-12(10-13)9-11-5-2-1-3-6-11;1-2-4-5-3-1;/h7-10,12H,11H2,1-6H3;1-8,10H;1-3H,4H2;/q-1;;-1;+2. The molecule has 2 heteroatoms. The van der Waals surface area contributed by atoms with Crippen molar-refractivity contribution in [1.82, 2.24) is 0 Å². The van der Waals surface area contributed by atoms with E-state index >= 15 is 0 Å². The number of hydrogen-bond acceptors (Lipinski definition) is 0. The normalized spacial score (nSPS) is 13.0. The minimum Gasteiger partial charge on any atom is -0.273 e. The van der Waals surface area contributed by atoms with Crippen molar-refractivity contribution < 1.29 is 24.2 Å². The number of allylic oxidation sites excluding steroid dienone is 4. The summed E-state index contributed by atoms with van der Waals surface area (Å²) < 4.78 is 1.34. The summed E-state index contributed by atoms with van der Waals surface area (Å²) in [6.07, 6.45) is 11.0. The Kier molecular flexibility index (Phi) is 10.4. The third-order valence-electron chi connectivity index (χ3n) is 7.23. The number of hydrogen-bond donors (Lipinski definition) is 0. The molecule has 0 heterocycles. The van der Waals surface area contributed by atoms with Gasteiger partial charge in [-0.2, -0.15) is 29.8 Å². The second-order valence-corrected chi connectivity index (χ2v) is 14.2. The summed E-state index contributed by atoms with van der Waals surface area (Å²) in [5, 5.41) is 0.795. The Morgan fingerprint density at radius 3 is 2.05 bits per heavy atom. The summed E-state index contributed by atoms with van der Waals surface area (Å²) in [5.74, 6) is 0. The van der Waals surface area contributed by atoms with Crippen LogP contribution in [0.5, 0.6) is 0 Å². The van der Waals surface area contributed by atoms with E-state index in [4.69, 9.17) is 11.6 Å². The van der Waals surface area contributed by atoms with Crippen LogP contribution in [0.3, 0.4) is 0 Å². The van der Waals surface area contributed by atoms with Crippen LogP contribution < -0.4 is 0 Å². The smallest absolute Gasteiger partial charge is 0.109 e. The zero-order chi connectivity index (χ0) is 29.6. The van der Waals surface area contributed by atoms with Crippen molar-refractivity contribution in [2.75, 3.05) is 0 Å². The van der Waals surface area contributed by atoms with Crippen molar-refractivity contribution in [3.05, 3.63) is 154 Å². The molecule has 0 unspecified atom stereocenters. The van der Waals surface area contributed by atoms with Gasteiger partial charge in [0.2, 0.25) is 0 Å². The van der Waals surface area contributed by atoms with Crippen molar-refractivity contribution >= 4 is 14.8 Å². The number of benzene rings is 4. The van der Waals surface area contributed by atoms with Crippen LogP contribution >= 0.6 is 11.6 Å². The van der Waals surface area contributed by atoms with Gasteiger partial charge in [0, 0.05) is 0 Å². The third-order valence-corrected chi connectivity index (χ3v) is 8.88. The van der Waals surface area contributed by atoms with Crippen molar-refractivity contribution in [2.24, 2.45) is 0 Å². The van der Waals surface area contributed by atoms with Gasteiger partial charge in [-0.15, -0.1) is 17.5 Å². The fourth-order valence-electron chi connectivity index (χ4n) is 4.78. The van der Waals surface area contributed by atoms with E-state index in [1.54, 1.807) is 0 Å². The molecule has 41 heavy (non-hydrogen) atoms. The van der Waals surface area contributed by atoms with Crippen LogP contribution in [-0.2, 0) is 41.5 Å². The van der Waals surface area contributed by atoms with E-state index < -0.39 is 0 Å². The first kappa shape index (κ1) is 31.3. The molecule has 4 aromatic carbocycles. The number of fused-ring (bicyclic) bond motifs is 3. The molecule has 2 aliphatic carbocycles. The summed E-state index contributed by atoms with van der Waals surface area (Å²) in [5.41, 5.74) is 11.2. The zero-order valence-corrected chi connectivity index (χ0v) is 28.3. The Hall–Kier alpha value is -2.60. The first-order chi connectivity index (χ1) is 19.4. The topological polar surface area (TPSA) is 0 Å². The first-order valence-corrected chi connectivity index (χ1v) is 15.9. The number of halogens is 1. The molecule has 0 saturated heterocycles. The zero-order valence-electron chi connectivity index (χ0n) is 25.1. The Morgan fingerprint density at radius 1 is 0.756 bits per heavy atom. The molecule has 0 aromatic heterocycles. The van der Waals surface area contributed by atoms with Crippen LogP contribution in [0.2, 0.25) is 5.02 Å². The minimum atomic E-state index is 0.167. The number of rotatable bonds is 2.